The lowest BCUT2D eigenvalue weighted by Crippen LogP contribution is -2.45. The van der Waals surface area contributed by atoms with Crippen LogP contribution in [0.2, 0.25) is 0 Å². The van der Waals surface area contributed by atoms with Crippen molar-refractivity contribution in [2.24, 2.45) is 0 Å². The molecule has 0 spiro atoms. The standard InChI is InChI=1S/C20H26FN5O3/c1-3-29-20(28)12-10-13(27)14-16(22)17(23)19(25-8-6-24(2)7-9-25)15(21)18(14)26(12)11-4-5-11/h10-11H,3-9,22-23H2,1-2H3. The molecule has 2 fully saturated rings. The van der Waals surface area contributed by atoms with Crippen molar-refractivity contribution in [2.45, 2.75) is 25.8 Å². The van der Waals surface area contributed by atoms with Crippen molar-refractivity contribution in [1.29, 1.82) is 0 Å². The van der Waals surface area contributed by atoms with Gasteiger partial charge in [-0.15, -0.1) is 0 Å². The van der Waals surface area contributed by atoms with Crippen LogP contribution in [0.3, 0.4) is 0 Å². The van der Waals surface area contributed by atoms with Gasteiger partial charge in [-0.3, -0.25) is 4.79 Å². The Kier molecular flexibility index (Phi) is 4.85. The molecule has 4 N–H and O–H groups in total. The van der Waals surface area contributed by atoms with Gasteiger partial charge in [0.15, 0.2) is 11.2 Å². The predicted octanol–water partition coefficient (Wildman–Crippen LogP) is 1.57. The highest BCUT2D eigenvalue weighted by atomic mass is 19.1. The largest absolute Gasteiger partial charge is 0.461 e. The fourth-order valence-electron chi connectivity index (χ4n) is 4.01. The molecule has 0 atom stereocenters. The van der Waals surface area contributed by atoms with E-state index in [2.05, 4.69) is 4.90 Å². The predicted molar refractivity (Wildman–Crippen MR) is 111 cm³/mol. The number of likely N-dealkylation sites (N-methyl/N-ethyl adjacent to an activating group) is 1. The number of nitrogen functional groups attached to an aromatic ring is 2. The van der Waals surface area contributed by atoms with E-state index in [1.54, 1.807) is 11.5 Å². The molecule has 9 heteroatoms. The van der Waals surface area contributed by atoms with Crippen LogP contribution >= 0.6 is 0 Å². The minimum atomic E-state index is -0.644. The van der Waals surface area contributed by atoms with Gasteiger partial charge in [0.1, 0.15) is 11.4 Å². The Hall–Kier alpha value is -2.81. The number of aromatic nitrogens is 1. The van der Waals surface area contributed by atoms with Gasteiger partial charge in [0.25, 0.3) is 0 Å². The second-order valence-corrected chi connectivity index (χ2v) is 7.72. The van der Waals surface area contributed by atoms with Gasteiger partial charge in [-0.05, 0) is 26.8 Å². The van der Waals surface area contributed by atoms with E-state index in [0.29, 0.717) is 13.1 Å². The molecule has 156 valence electrons. The number of ether oxygens (including phenoxy) is 1. The number of pyridine rings is 1. The Balaban J connectivity index is 2.02. The number of carbonyl (C=O) groups excluding carboxylic acids is 1. The Morgan fingerprint density at radius 3 is 2.45 bits per heavy atom. The summed E-state index contributed by atoms with van der Waals surface area (Å²) < 4.78 is 22.6. The van der Waals surface area contributed by atoms with Gasteiger partial charge in [-0.1, -0.05) is 0 Å². The van der Waals surface area contributed by atoms with Crippen molar-refractivity contribution < 1.29 is 13.9 Å². The van der Waals surface area contributed by atoms with Gasteiger partial charge >= 0.3 is 5.97 Å². The molecule has 1 aliphatic carbocycles. The maximum Gasteiger partial charge on any atom is 0.355 e. The summed E-state index contributed by atoms with van der Waals surface area (Å²) in [5.74, 6) is -1.25. The molecular weight excluding hydrogens is 377 g/mol. The summed E-state index contributed by atoms with van der Waals surface area (Å²) >= 11 is 0. The molecule has 1 aromatic heterocycles. The van der Waals surface area contributed by atoms with Crippen LogP contribution in [0.25, 0.3) is 10.9 Å². The third kappa shape index (κ3) is 3.19. The van der Waals surface area contributed by atoms with Crippen molar-refractivity contribution >= 4 is 33.9 Å². The van der Waals surface area contributed by atoms with E-state index in [1.807, 2.05) is 11.9 Å². The molecule has 2 aliphatic rings. The van der Waals surface area contributed by atoms with Gasteiger partial charge in [0.05, 0.1) is 28.9 Å². The lowest BCUT2D eigenvalue weighted by atomic mass is 10.1. The Labute approximate surface area is 167 Å². The maximum absolute atomic E-state index is 15.9. The first-order valence-electron chi connectivity index (χ1n) is 9.91. The number of hydrogen-bond donors (Lipinski definition) is 2. The van der Waals surface area contributed by atoms with Crippen molar-refractivity contribution in [3.05, 3.63) is 27.8 Å². The van der Waals surface area contributed by atoms with Crippen LogP contribution in [0.4, 0.5) is 21.5 Å². The molecular formula is C20H26FN5O3. The van der Waals surface area contributed by atoms with E-state index in [1.165, 1.54) is 6.07 Å². The molecule has 1 saturated carbocycles. The Morgan fingerprint density at radius 2 is 1.86 bits per heavy atom. The van der Waals surface area contributed by atoms with Gasteiger partial charge in [-0.2, -0.15) is 0 Å². The van der Waals surface area contributed by atoms with Crippen LogP contribution in [0.1, 0.15) is 36.3 Å². The summed E-state index contributed by atoms with van der Waals surface area (Å²) in [5.41, 5.74) is 12.4. The van der Waals surface area contributed by atoms with Gasteiger partial charge in [0, 0.05) is 38.3 Å². The third-order valence-corrected chi connectivity index (χ3v) is 5.70. The molecule has 1 aliphatic heterocycles. The van der Waals surface area contributed by atoms with E-state index >= 15 is 4.39 Å². The second kappa shape index (κ2) is 7.22. The summed E-state index contributed by atoms with van der Waals surface area (Å²) in [4.78, 5) is 29.3. The van der Waals surface area contributed by atoms with Crippen LogP contribution in [-0.4, -0.2) is 55.3 Å². The number of benzene rings is 1. The number of piperazine rings is 1. The van der Waals surface area contributed by atoms with Gasteiger partial charge < -0.3 is 30.6 Å². The van der Waals surface area contributed by atoms with E-state index in [-0.39, 0.29) is 46.3 Å². The van der Waals surface area contributed by atoms with Crippen molar-refractivity contribution in [3.63, 3.8) is 0 Å². The van der Waals surface area contributed by atoms with Crippen LogP contribution in [0, 0.1) is 5.82 Å². The Morgan fingerprint density at radius 1 is 1.21 bits per heavy atom. The summed E-state index contributed by atoms with van der Waals surface area (Å²) in [5, 5.41) is 0.0258. The zero-order chi connectivity index (χ0) is 20.9. The molecule has 29 heavy (non-hydrogen) atoms. The maximum atomic E-state index is 15.9. The fourth-order valence-corrected chi connectivity index (χ4v) is 4.01. The minimum absolute atomic E-state index is 0.0258. The number of halogens is 1. The first kappa shape index (κ1) is 19.5. The average molecular weight is 403 g/mol. The molecule has 0 amide bonds. The number of fused-ring (bicyclic) bond motifs is 1. The number of hydrogen-bond acceptors (Lipinski definition) is 7. The molecule has 8 nitrogen and oxygen atoms in total. The summed E-state index contributed by atoms with van der Waals surface area (Å²) in [6, 6.07) is 1.11. The average Bonchev–Trinajstić information content (AvgIpc) is 3.52. The van der Waals surface area contributed by atoms with Crippen LogP contribution in [-0.2, 0) is 4.74 Å². The summed E-state index contributed by atoms with van der Waals surface area (Å²) in [6.07, 6.45) is 1.58. The summed E-state index contributed by atoms with van der Waals surface area (Å²) in [7, 11) is 2.00. The fraction of sp³-hybridized carbons (Fsp3) is 0.500. The molecule has 2 heterocycles. The van der Waals surface area contributed by atoms with Crippen molar-refractivity contribution in [3.8, 4) is 0 Å². The minimum Gasteiger partial charge on any atom is -0.461 e. The monoisotopic (exact) mass is 403 g/mol. The first-order chi connectivity index (χ1) is 13.8. The van der Waals surface area contributed by atoms with E-state index in [0.717, 1.165) is 25.9 Å². The molecule has 2 aromatic rings. The van der Waals surface area contributed by atoms with Crippen LogP contribution < -0.4 is 21.8 Å². The SMILES string of the molecule is CCOC(=O)c1cc(=O)c2c(N)c(N)c(N3CCN(C)CC3)c(F)c2n1C1CC1. The first-order valence-corrected chi connectivity index (χ1v) is 9.91. The third-order valence-electron chi connectivity index (χ3n) is 5.70. The highest BCUT2D eigenvalue weighted by Gasteiger charge is 2.34. The quantitative estimate of drug-likeness (QED) is 0.589. The van der Waals surface area contributed by atoms with Gasteiger partial charge in [0.2, 0.25) is 0 Å². The number of nitrogens with zero attached hydrogens (tertiary/aromatic N) is 3. The molecule has 0 bridgehead atoms. The lowest BCUT2D eigenvalue weighted by molar-refractivity contribution is 0.0513. The smallest absolute Gasteiger partial charge is 0.355 e. The lowest BCUT2D eigenvalue weighted by Gasteiger charge is -2.35. The molecule has 1 saturated heterocycles. The summed E-state index contributed by atoms with van der Waals surface area (Å²) in [6.45, 7) is 4.55. The zero-order valence-electron chi connectivity index (χ0n) is 16.7. The second-order valence-electron chi connectivity index (χ2n) is 7.72. The molecule has 4 rings (SSSR count). The topological polar surface area (TPSA) is 107 Å². The van der Waals surface area contributed by atoms with E-state index in [4.69, 9.17) is 16.2 Å². The molecule has 1 aromatic carbocycles. The van der Waals surface area contributed by atoms with Crippen LogP contribution in [0.15, 0.2) is 10.9 Å². The van der Waals surface area contributed by atoms with E-state index in [9.17, 15) is 9.59 Å². The molecule has 0 unspecified atom stereocenters. The zero-order valence-corrected chi connectivity index (χ0v) is 16.7. The number of rotatable bonds is 4. The Bertz CT molecular complexity index is 1040. The van der Waals surface area contributed by atoms with Gasteiger partial charge in [-0.25, -0.2) is 9.18 Å². The van der Waals surface area contributed by atoms with Crippen LogP contribution in [0.5, 0.6) is 0 Å². The van der Waals surface area contributed by atoms with E-state index < -0.39 is 17.2 Å². The highest BCUT2D eigenvalue weighted by Crippen LogP contribution is 2.44. The highest BCUT2D eigenvalue weighted by molar-refractivity contribution is 6.04. The number of esters is 1. The van der Waals surface area contributed by atoms with Crippen molar-refractivity contribution in [1.82, 2.24) is 9.47 Å². The van der Waals surface area contributed by atoms with Crippen molar-refractivity contribution in [2.75, 3.05) is 56.2 Å². The number of anilines is 3. The molecule has 0 radical (unpaired) electrons. The number of carbonyl (C=O) groups is 1. The number of nitrogens with two attached hydrogens (primary N) is 2. The normalized spacial score (nSPS) is 17.7.